The van der Waals surface area contributed by atoms with Crippen LogP contribution < -0.4 is 4.74 Å². The van der Waals surface area contributed by atoms with Crippen LogP contribution in [0, 0.1) is 0 Å². The second kappa shape index (κ2) is 5.28. The van der Waals surface area contributed by atoms with E-state index in [4.69, 9.17) is 8.92 Å². The number of rotatable bonds is 4. The Balaban J connectivity index is 2.23. The van der Waals surface area contributed by atoms with Gasteiger partial charge in [-0.25, -0.2) is 0 Å². The highest BCUT2D eigenvalue weighted by atomic mass is 32.2. The van der Waals surface area contributed by atoms with Gasteiger partial charge < -0.3 is 4.74 Å². The van der Waals surface area contributed by atoms with Crippen LogP contribution in [0.25, 0.3) is 0 Å². The number of ether oxygens (including phenoxy) is 1. The van der Waals surface area contributed by atoms with Crippen molar-refractivity contribution in [2.45, 2.75) is 25.2 Å². The van der Waals surface area contributed by atoms with Crippen LogP contribution in [0.1, 0.15) is 29.9 Å². The molecule has 0 saturated carbocycles. The lowest BCUT2D eigenvalue weighted by Crippen LogP contribution is -2.17. The van der Waals surface area contributed by atoms with Gasteiger partial charge >= 0.3 is 0 Å². The van der Waals surface area contributed by atoms with E-state index in [-0.39, 0.29) is 12.5 Å². The van der Waals surface area contributed by atoms with Crippen LogP contribution in [-0.2, 0) is 20.7 Å². The van der Waals surface area contributed by atoms with E-state index >= 15 is 0 Å². The highest BCUT2D eigenvalue weighted by Gasteiger charge is 2.23. The maximum atomic E-state index is 11.1. The molecular formula is C13H18O4S. The number of hydrogen-bond acceptors (Lipinski definition) is 4. The van der Waals surface area contributed by atoms with E-state index in [9.17, 15) is 8.42 Å². The summed E-state index contributed by atoms with van der Waals surface area (Å²) in [5.74, 6) is 1.02. The van der Waals surface area contributed by atoms with Crippen molar-refractivity contribution in [1.82, 2.24) is 0 Å². The molecule has 0 spiro atoms. The summed E-state index contributed by atoms with van der Waals surface area (Å²) in [4.78, 5) is 0. The molecule has 18 heavy (non-hydrogen) atoms. The van der Waals surface area contributed by atoms with Crippen molar-refractivity contribution in [3.63, 3.8) is 0 Å². The molecule has 0 saturated heterocycles. The fourth-order valence-electron chi connectivity index (χ4n) is 2.48. The van der Waals surface area contributed by atoms with Gasteiger partial charge in [-0.05, 0) is 36.5 Å². The number of fused-ring (bicyclic) bond motifs is 1. The van der Waals surface area contributed by atoms with Crippen LogP contribution in [0.2, 0.25) is 0 Å². The van der Waals surface area contributed by atoms with Crippen LogP contribution in [0.5, 0.6) is 5.75 Å². The Labute approximate surface area is 108 Å². The number of methoxy groups -OCH3 is 1. The van der Waals surface area contributed by atoms with Crippen LogP contribution in [0.15, 0.2) is 18.2 Å². The van der Waals surface area contributed by atoms with E-state index < -0.39 is 10.1 Å². The summed E-state index contributed by atoms with van der Waals surface area (Å²) in [6, 6.07) is 5.92. The summed E-state index contributed by atoms with van der Waals surface area (Å²) >= 11 is 0. The first-order chi connectivity index (χ1) is 8.51. The zero-order valence-corrected chi connectivity index (χ0v) is 11.5. The second-order valence-electron chi connectivity index (χ2n) is 4.61. The normalized spacial score (nSPS) is 19.3. The summed E-state index contributed by atoms with van der Waals surface area (Å²) in [5.41, 5.74) is 2.35. The van der Waals surface area contributed by atoms with Gasteiger partial charge in [0.25, 0.3) is 10.1 Å². The minimum Gasteiger partial charge on any atom is -0.496 e. The van der Waals surface area contributed by atoms with Gasteiger partial charge in [0.2, 0.25) is 0 Å². The minimum absolute atomic E-state index is 0.138. The highest BCUT2D eigenvalue weighted by molar-refractivity contribution is 7.85. The number of hydrogen-bond donors (Lipinski definition) is 0. The number of benzene rings is 1. The van der Waals surface area contributed by atoms with Gasteiger partial charge in [-0.2, -0.15) is 8.42 Å². The highest BCUT2D eigenvalue weighted by Crippen LogP contribution is 2.36. The lowest BCUT2D eigenvalue weighted by Gasteiger charge is -2.26. The van der Waals surface area contributed by atoms with Gasteiger partial charge in [0.05, 0.1) is 20.0 Å². The van der Waals surface area contributed by atoms with Crippen molar-refractivity contribution in [1.29, 1.82) is 0 Å². The molecule has 100 valence electrons. The van der Waals surface area contributed by atoms with E-state index in [1.54, 1.807) is 7.11 Å². The van der Waals surface area contributed by atoms with E-state index in [0.29, 0.717) is 0 Å². The third-order valence-corrected chi connectivity index (χ3v) is 3.86. The molecule has 1 aromatic rings. The molecule has 0 bridgehead atoms. The molecule has 0 aromatic heterocycles. The molecule has 1 atom stereocenters. The Morgan fingerprint density at radius 3 is 2.83 bits per heavy atom. The molecule has 1 aliphatic rings. The Morgan fingerprint density at radius 1 is 1.39 bits per heavy atom. The van der Waals surface area contributed by atoms with Crippen molar-refractivity contribution < 1.29 is 17.3 Å². The standard InChI is InChI=1S/C13H18O4S/c1-16-13-8-4-6-11-10(5-3-7-12(11)13)9-17-18(2,14)15/h4,6,8,10H,3,5,7,9H2,1-2H3/t10-/m1/s1. The van der Waals surface area contributed by atoms with Gasteiger partial charge in [0, 0.05) is 5.92 Å². The fourth-order valence-corrected chi connectivity index (χ4v) is 2.89. The van der Waals surface area contributed by atoms with Crippen molar-refractivity contribution in [2.24, 2.45) is 0 Å². The maximum Gasteiger partial charge on any atom is 0.264 e. The molecule has 0 fully saturated rings. The lowest BCUT2D eigenvalue weighted by atomic mass is 9.83. The largest absolute Gasteiger partial charge is 0.496 e. The molecule has 0 unspecified atom stereocenters. The summed E-state index contributed by atoms with van der Waals surface area (Å²) in [6.45, 7) is 0.221. The molecule has 4 nitrogen and oxygen atoms in total. The molecule has 0 amide bonds. The molecule has 1 aromatic carbocycles. The van der Waals surface area contributed by atoms with Crippen LogP contribution in [0.4, 0.5) is 0 Å². The van der Waals surface area contributed by atoms with Gasteiger partial charge in [0.1, 0.15) is 5.75 Å². The van der Waals surface area contributed by atoms with Crippen molar-refractivity contribution in [2.75, 3.05) is 20.0 Å². The van der Waals surface area contributed by atoms with Gasteiger partial charge in [-0.1, -0.05) is 12.1 Å². The third kappa shape index (κ3) is 3.03. The molecule has 5 heteroatoms. The first-order valence-electron chi connectivity index (χ1n) is 6.01. The van der Waals surface area contributed by atoms with Gasteiger partial charge in [0.15, 0.2) is 0 Å². The Hall–Kier alpha value is -1.07. The van der Waals surface area contributed by atoms with E-state index in [0.717, 1.165) is 36.8 Å². The molecule has 1 aliphatic carbocycles. The molecular weight excluding hydrogens is 252 g/mol. The maximum absolute atomic E-state index is 11.1. The van der Waals surface area contributed by atoms with Crippen molar-refractivity contribution in [3.8, 4) is 5.75 Å². The Bertz CT molecular complexity index is 522. The SMILES string of the molecule is COc1cccc2c1CCC[C@@H]2COS(C)(=O)=O. The summed E-state index contributed by atoms with van der Waals surface area (Å²) in [5, 5.41) is 0. The van der Waals surface area contributed by atoms with Crippen LogP contribution >= 0.6 is 0 Å². The third-order valence-electron chi connectivity index (χ3n) is 3.29. The predicted molar refractivity (Wildman–Crippen MR) is 69.5 cm³/mol. The quantitative estimate of drug-likeness (QED) is 0.786. The van der Waals surface area contributed by atoms with Crippen LogP contribution in [-0.4, -0.2) is 28.4 Å². The molecule has 0 N–H and O–H groups in total. The lowest BCUT2D eigenvalue weighted by molar-refractivity contribution is 0.280. The first kappa shape index (κ1) is 13.4. The van der Waals surface area contributed by atoms with Crippen LogP contribution in [0.3, 0.4) is 0 Å². The first-order valence-corrected chi connectivity index (χ1v) is 7.83. The molecule has 0 heterocycles. The zero-order valence-electron chi connectivity index (χ0n) is 10.7. The van der Waals surface area contributed by atoms with E-state index in [1.807, 2.05) is 18.2 Å². The summed E-state index contributed by atoms with van der Waals surface area (Å²) < 4.78 is 32.4. The van der Waals surface area contributed by atoms with Crippen molar-refractivity contribution in [3.05, 3.63) is 29.3 Å². The Kier molecular flexibility index (Phi) is 3.92. The summed E-state index contributed by atoms with van der Waals surface area (Å²) in [6.07, 6.45) is 4.05. The predicted octanol–water partition coefficient (Wildman–Crippen LogP) is 2.09. The average Bonchev–Trinajstić information content (AvgIpc) is 2.34. The average molecular weight is 270 g/mol. The second-order valence-corrected chi connectivity index (χ2v) is 6.25. The van der Waals surface area contributed by atoms with E-state index in [1.165, 1.54) is 5.56 Å². The smallest absolute Gasteiger partial charge is 0.264 e. The van der Waals surface area contributed by atoms with E-state index in [2.05, 4.69) is 0 Å². The topological polar surface area (TPSA) is 52.6 Å². The molecule has 0 radical (unpaired) electrons. The molecule has 2 rings (SSSR count). The Morgan fingerprint density at radius 2 is 2.17 bits per heavy atom. The van der Waals surface area contributed by atoms with Crippen molar-refractivity contribution >= 4 is 10.1 Å². The minimum atomic E-state index is -3.37. The fraction of sp³-hybridized carbons (Fsp3) is 0.538. The zero-order chi connectivity index (χ0) is 13.2. The molecule has 0 aliphatic heterocycles. The van der Waals surface area contributed by atoms with Gasteiger partial charge in [-0.15, -0.1) is 0 Å². The van der Waals surface area contributed by atoms with Gasteiger partial charge in [-0.3, -0.25) is 4.18 Å². The monoisotopic (exact) mass is 270 g/mol. The summed E-state index contributed by atoms with van der Waals surface area (Å²) in [7, 11) is -1.71.